The highest BCUT2D eigenvalue weighted by molar-refractivity contribution is 7.91. The first-order valence-corrected chi connectivity index (χ1v) is 7.96. The van der Waals surface area contributed by atoms with E-state index in [1.54, 1.807) is 24.3 Å². The van der Waals surface area contributed by atoms with Crippen LogP contribution in [0.2, 0.25) is 5.02 Å². The number of nitrogens with two attached hydrogens (primary N) is 1. The predicted octanol–water partition coefficient (Wildman–Crippen LogP) is 0.880. The summed E-state index contributed by atoms with van der Waals surface area (Å²) < 4.78 is 23.6. The van der Waals surface area contributed by atoms with Crippen LogP contribution in [0.4, 0.5) is 0 Å². The summed E-state index contributed by atoms with van der Waals surface area (Å²) in [7, 11) is -3.50. The molecule has 1 fully saturated rings. The Bertz CT molecular complexity index is 613. The van der Waals surface area contributed by atoms with Gasteiger partial charge in [-0.1, -0.05) is 23.7 Å². The minimum absolute atomic E-state index is 0.215. The first kappa shape index (κ1) is 14.3. The van der Waals surface area contributed by atoms with E-state index in [4.69, 9.17) is 17.3 Å². The Labute approximate surface area is 116 Å². The van der Waals surface area contributed by atoms with Crippen LogP contribution in [0, 0.1) is 5.41 Å². The lowest BCUT2D eigenvalue weighted by atomic mass is 9.99. The summed E-state index contributed by atoms with van der Waals surface area (Å²) in [5.74, 6) is -1.80. The molecule has 0 heterocycles. The van der Waals surface area contributed by atoms with Gasteiger partial charge in [-0.3, -0.25) is 4.79 Å². The molecule has 2 rings (SSSR count). The molecule has 1 saturated carbocycles. The number of halogens is 1. The first-order valence-electron chi connectivity index (χ1n) is 5.63. The number of hydrogen-bond donors (Lipinski definition) is 2. The molecule has 0 saturated heterocycles. The number of sulfone groups is 1. The maximum Gasteiger partial charge on any atom is 0.312 e. The molecular formula is C12H14ClNO4S. The van der Waals surface area contributed by atoms with Crippen LogP contribution in [0.25, 0.3) is 0 Å². The Hall–Kier alpha value is -1.11. The zero-order valence-corrected chi connectivity index (χ0v) is 11.8. The van der Waals surface area contributed by atoms with E-state index in [2.05, 4.69) is 0 Å². The minimum atomic E-state index is -3.50. The molecule has 0 aromatic heterocycles. The highest BCUT2D eigenvalue weighted by Crippen LogP contribution is 2.62. The third-order valence-electron chi connectivity index (χ3n) is 3.68. The molecule has 1 aliphatic carbocycles. The lowest BCUT2D eigenvalue weighted by Crippen LogP contribution is -2.31. The Morgan fingerprint density at radius 2 is 1.95 bits per heavy atom. The van der Waals surface area contributed by atoms with E-state index in [-0.39, 0.29) is 6.54 Å². The van der Waals surface area contributed by atoms with Crippen molar-refractivity contribution >= 4 is 27.4 Å². The molecule has 3 N–H and O–H groups in total. The van der Waals surface area contributed by atoms with Crippen LogP contribution in [-0.4, -0.2) is 37.5 Å². The van der Waals surface area contributed by atoms with Crippen LogP contribution >= 0.6 is 11.6 Å². The second-order valence-electron chi connectivity index (χ2n) is 4.83. The summed E-state index contributed by atoms with van der Waals surface area (Å²) in [5.41, 5.74) is 4.75. The van der Waals surface area contributed by atoms with Crippen molar-refractivity contribution in [3.8, 4) is 0 Å². The Morgan fingerprint density at radius 1 is 1.42 bits per heavy atom. The van der Waals surface area contributed by atoms with E-state index < -0.39 is 32.4 Å². The van der Waals surface area contributed by atoms with E-state index in [9.17, 15) is 18.3 Å². The smallest absolute Gasteiger partial charge is 0.312 e. The topological polar surface area (TPSA) is 97.5 Å². The van der Waals surface area contributed by atoms with Gasteiger partial charge in [0.05, 0.1) is 5.25 Å². The maximum atomic E-state index is 11.8. The lowest BCUT2D eigenvalue weighted by Gasteiger charge is -2.09. The predicted molar refractivity (Wildman–Crippen MR) is 71.9 cm³/mol. The summed E-state index contributed by atoms with van der Waals surface area (Å²) >= 11 is 5.77. The molecule has 0 spiro atoms. The van der Waals surface area contributed by atoms with Crippen LogP contribution in [0.15, 0.2) is 24.3 Å². The van der Waals surface area contributed by atoms with Crippen molar-refractivity contribution < 1.29 is 18.3 Å². The number of carboxylic acids is 1. The van der Waals surface area contributed by atoms with Gasteiger partial charge in [0.1, 0.15) is 5.41 Å². The SMILES string of the molecule is CS(=O)(=O)[C@@H]1[C@H](c2ccc(Cl)cc2)[C@]1(CN)C(=O)O. The molecular weight excluding hydrogens is 290 g/mol. The third-order valence-corrected chi connectivity index (χ3v) is 5.55. The van der Waals surface area contributed by atoms with Crippen LogP contribution < -0.4 is 5.73 Å². The van der Waals surface area contributed by atoms with Crippen molar-refractivity contribution in [1.82, 2.24) is 0 Å². The average molecular weight is 304 g/mol. The molecule has 104 valence electrons. The standard InChI is InChI=1S/C12H14ClNO4S/c1-19(17,18)10-9(12(10,6-14)11(15)16)7-2-4-8(13)5-3-7/h2-5,9-10H,6,14H2,1H3,(H,15,16)/t9-,10+,12-/m0/s1. The molecule has 0 unspecified atom stereocenters. The van der Waals surface area contributed by atoms with Gasteiger partial charge in [0.25, 0.3) is 0 Å². The fourth-order valence-electron chi connectivity index (χ4n) is 2.76. The normalized spacial score (nSPS) is 30.1. The van der Waals surface area contributed by atoms with Crippen LogP contribution in [0.1, 0.15) is 11.5 Å². The largest absolute Gasteiger partial charge is 0.481 e. The van der Waals surface area contributed by atoms with E-state index in [1.165, 1.54) is 0 Å². The van der Waals surface area contributed by atoms with Gasteiger partial charge >= 0.3 is 5.97 Å². The molecule has 7 heteroatoms. The third kappa shape index (κ3) is 2.13. The van der Waals surface area contributed by atoms with Crippen LogP contribution in [0.3, 0.4) is 0 Å². The minimum Gasteiger partial charge on any atom is -0.481 e. The van der Waals surface area contributed by atoms with E-state index in [0.717, 1.165) is 6.26 Å². The van der Waals surface area contributed by atoms with Gasteiger partial charge in [-0.05, 0) is 17.7 Å². The zero-order chi connectivity index (χ0) is 14.4. The Balaban J connectivity index is 2.50. The molecule has 0 radical (unpaired) electrons. The monoisotopic (exact) mass is 303 g/mol. The van der Waals surface area contributed by atoms with E-state index >= 15 is 0 Å². The number of aliphatic carboxylic acids is 1. The summed E-state index contributed by atoms with van der Waals surface area (Å²) in [6.45, 7) is -0.215. The Kier molecular flexibility index (Phi) is 3.36. The second-order valence-corrected chi connectivity index (χ2v) is 7.43. The van der Waals surface area contributed by atoms with Crippen molar-refractivity contribution in [3.05, 3.63) is 34.9 Å². The van der Waals surface area contributed by atoms with Gasteiger partial charge in [0.15, 0.2) is 9.84 Å². The summed E-state index contributed by atoms with van der Waals surface area (Å²) in [6.07, 6.45) is 1.04. The fourth-order valence-corrected chi connectivity index (χ4v) is 4.81. The molecule has 19 heavy (non-hydrogen) atoms. The Morgan fingerprint density at radius 3 is 2.26 bits per heavy atom. The number of carboxylic acid groups (broad SMARTS) is 1. The van der Waals surface area contributed by atoms with Crippen molar-refractivity contribution in [3.63, 3.8) is 0 Å². The highest BCUT2D eigenvalue weighted by atomic mass is 35.5. The van der Waals surface area contributed by atoms with Crippen molar-refractivity contribution in [1.29, 1.82) is 0 Å². The summed E-state index contributed by atoms with van der Waals surface area (Å²) in [5, 5.41) is 8.88. The molecule has 5 nitrogen and oxygen atoms in total. The van der Waals surface area contributed by atoms with Crippen molar-refractivity contribution in [2.45, 2.75) is 11.2 Å². The molecule has 1 aliphatic rings. The van der Waals surface area contributed by atoms with Gasteiger partial charge in [-0.2, -0.15) is 0 Å². The van der Waals surface area contributed by atoms with Crippen LogP contribution in [0.5, 0.6) is 0 Å². The second kappa shape index (κ2) is 4.47. The molecule has 0 aliphatic heterocycles. The first-order chi connectivity index (χ1) is 8.75. The molecule has 0 bridgehead atoms. The van der Waals surface area contributed by atoms with Crippen molar-refractivity contribution in [2.75, 3.05) is 12.8 Å². The van der Waals surface area contributed by atoms with Gasteiger partial charge in [0, 0.05) is 23.7 Å². The highest BCUT2D eigenvalue weighted by Gasteiger charge is 2.74. The van der Waals surface area contributed by atoms with Crippen LogP contribution in [-0.2, 0) is 14.6 Å². The quantitative estimate of drug-likeness (QED) is 0.860. The van der Waals surface area contributed by atoms with Gasteiger partial charge < -0.3 is 10.8 Å². The number of carbonyl (C=O) groups is 1. The molecule has 1 aromatic carbocycles. The van der Waals surface area contributed by atoms with E-state index in [1.807, 2.05) is 0 Å². The van der Waals surface area contributed by atoms with Gasteiger partial charge in [0.2, 0.25) is 0 Å². The fraction of sp³-hybridized carbons (Fsp3) is 0.417. The number of benzene rings is 1. The summed E-state index contributed by atoms with van der Waals surface area (Å²) in [6, 6.07) is 6.51. The molecule has 1 aromatic rings. The van der Waals surface area contributed by atoms with E-state index in [0.29, 0.717) is 10.6 Å². The number of hydrogen-bond acceptors (Lipinski definition) is 4. The lowest BCUT2D eigenvalue weighted by molar-refractivity contribution is -0.143. The van der Waals surface area contributed by atoms with Crippen molar-refractivity contribution in [2.24, 2.45) is 11.1 Å². The zero-order valence-electron chi connectivity index (χ0n) is 10.2. The molecule has 3 atom stereocenters. The average Bonchev–Trinajstić information content (AvgIpc) is 3.00. The molecule has 0 amide bonds. The summed E-state index contributed by atoms with van der Waals surface area (Å²) in [4.78, 5) is 11.5. The number of rotatable bonds is 4. The maximum absolute atomic E-state index is 11.8. The van der Waals surface area contributed by atoms with Gasteiger partial charge in [-0.25, -0.2) is 8.42 Å². The van der Waals surface area contributed by atoms with Gasteiger partial charge in [-0.15, -0.1) is 0 Å².